The van der Waals surface area contributed by atoms with Crippen LogP contribution < -0.4 is 9.80 Å². The zero-order valence-corrected chi connectivity index (χ0v) is 38.7. The minimum atomic E-state index is -0.209. The second-order valence-electron chi connectivity index (χ2n) is 18.6. The minimum Gasteiger partial charge on any atom is -0.310 e. The van der Waals surface area contributed by atoms with Crippen molar-refractivity contribution in [3.05, 3.63) is 254 Å². The molecule has 0 atom stereocenters. The molecule has 0 bridgehead atoms. The van der Waals surface area contributed by atoms with E-state index in [0.717, 1.165) is 34.1 Å². The number of thiophene rings is 1. The van der Waals surface area contributed by atoms with Crippen molar-refractivity contribution in [1.82, 2.24) is 0 Å². The van der Waals surface area contributed by atoms with Crippen LogP contribution in [-0.2, 0) is 5.41 Å². The molecule has 322 valence electrons. The number of hydrogen-bond acceptors (Lipinski definition) is 3. The smallest absolute Gasteiger partial charge is 0.0468 e. The van der Waals surface area contributed by atoms with Crippen LogP contribution in [0, 0.1) is 0 Å². The number of para-hydroxylation sites is 2. The van der Waals surface area contributed by atoms with Crippen molar-refractivity contribution in [2.75, 3.05) is 9.80 Å². The lowest BCUT2D eigenvalue weighted by molar-refractivity contribution is 0.667. The number of rotatable bonds is 8. The molecule has 2 nitrogen and oxygen atoms in total. The summed E-state index contributed by atoms with van der Waals surface area (Å²) in [5.41, 5.74) is 16.9. The summed E-state index contributed by atoms with van der Waals surface area (Å²) < 4.78 is 2.65. The average Bonchev–Trinajstić information content (AvgIpc) is 3.86. The second kappa shape index (κ2) is 16.0. The highest BCUT2D eigenvalue weighted by atomic mass is 32.1. The Labute approximate surface area is 401 Å². The van der Waals surface area contributed by atoms with Crippen LogP contribution in [0.4, 0.5) is 34.1 Å². The SMILES string of the molecule is CC1(C)c2cc3cc(N(c4ccccc4)c4ccc(-c5ccccc5)cc4)ccc3cc2-c2ccc3sc4cc5cc(N(c6ccccc6)c6ccc(-c7ccccc7)cc6)ccc5cc4c3c21. The van der Waals surface area contributed by atoms with Crippen LogP contribution in [-0.4, -0.2) is 0 Å². The van der Waals surface area contributed by atoms with Gasteiger partial charge in [-0.25, -0.2) is 0 Å². The summed E-state index contributed by atoms with van der Waals surface area (Å²) in [7, 11) is 0. The van der Waals surface area contributed by atoms with E-state index in [-0.39, 0.29) is 5.41 Å². The molecule has 11 aromatic carbocycles. The Morgan fingerprint density at radius 1 is 0.324 bits per heavy atom. The van der Waals surface area contributed by atoms with Gasteiger partial charge in [0.25, 0.3) is 0 Å². The lowest BCUT2D eigenvalue weighted by Gasteiger charge is -2.26. The van der Waals surface area contributed by atoms with E-state index >= 15 is 0 Å². The van der Waals surface area contributed by atoms with Crippen molar-refractivity contribution < 1.29 is 0 Å². The predicted octanol–water partition coefficient (Wildman–Crippen LogP) is 18.9. The number of nitrogens with zero attached hydrogens (tertiary/aromatic N) is 2. The molecular weight excluding hydrogens is 841 g/mol. The van der Waals surface area contributed by atoms with Crippen molar-refractivity contribution >= 4 is 87.2 Å². The van der Waals surface area contributed by atoms with Gasteiger partial charge in [0, 0.05) is 59.7 Å². The highest BCUT2D eigenvalue weighted by Crippen LogP contribution is 2.55. The van der Waals surface area contributed by atoms with Crippen LogP contribution >= 0.6 is 11.3 Å². The fraction of sp³-hybridized carbons (Fsp3) is 0.0462. The number of benzene rings is 11. The van der Waals surface area contributed by atoms with Gasteiger partial charge in [-0.05, 0) is 169 Å². The zero-order chi connectivity index (χ0) is 45.3. The summed E-state index contributed by atoms with van der Waals surface area (Å²) in [6.45, 7) is 4.86. The third-order valence-electron chi connectivity index (χ3n) is 14.1. The molecule has 1 aliphatic rings. The van der Waals surface area contributed by atoms with Crippen LogP contribution in [0.25, 0.3) is 75.1 Å². The maximum atomic E-state index is 2.47. The molecule has 1 heterocycles. The maximum Gasteiger partial charge on any atom is 0.0468 e. The van der Waals surface area contributed by atoms with Gasteiger partial charge in [-0.1, -0.05) is 153 Å². The van der Waals surface area contributed by atoms with E-state index in [1.54, 1.807) is 0 Å². The largest absolute Gasteiger partial charge is 0.310 e. The molecule has 12 aromatic rings. The van der Waals surface area contributed by atoms with E-state index in [2.05, 4.69) is 266 Å². The van der Waals surface area contributed by atoms with Crippen molar-refractivity contribution in [2.45, 2.75) is 19.3 Å². The van der Waals surface area contributed by atoms with Gasteiger partial charge in [0.15, 0.2) is 0 Å². The lowest BCUT2D eigenvalue weighted by Crippen LogP contribution is -2.15. The Morgan fingerprint density at radius 3 is 1.29 bits per heavy atom. The first-order chi connectivity index (χ1) is 33.4. The van der Waals surface area contributed by atoms with Crippen molar-refractivity contribution in [3.63, 3.8) is 0 Å². The number of fused-ring (bicyclic) bond motifs is 9. The fourth-order valence-electron chi connectivity index (χ4n) is 10.8. The van der Waals surface area contributed by atoms with Crippen LogP contribution in [0.5, 0.6) is 0 Å². The quantitative estimate of drug-likeness (QED) is 0.150. The number of anilines is 6. The summed E-state index contributed by atoms with van der Waals surface area (Å²) in [6, 6.07) is 89.0. The van der Waals surface area contributed by atoms with Gasteiger partial charge in [-0.15, -0.1) is 11.3 Å². The van der Waals surface area contributed by atoms with E-state index in [4.69, 9.17) is 0 Å². The molecule has 0 saturated carbocycles. The molecule has 0 radical (unpaired) electrons. The Kier molecular flexibility index (Phi) is 9.42. The molecule has 0 fully saturated rings. The standard InChI is InChI=1S/C65H46N2S/c1-65(2)60-41-49-37-55(66(51-19-11-5-12-20-51)53-29-23-45(24-30-53)43-15-7-3-8-16-43)33-27-47(49)39-58(60)57-35-36-61-63(64(57)65)59-40-48-28-34-56(38-50(48)42-62(59)68-61)67(52-21-13-6-14-22-52)54-31-25-46(26-32-54)44-17-9-4-10-18-44/h3-42H,1-2H3. The predicted molar refractivity (Wildman–Crippen MR) is 292 cm³/mol. The zero-order valence-electron chi connectivity index (χ0n) is 37.9. The first-order valence-corrected chi connectivity index (χ1v) is 24.3. The topological polar surface area (TPSA) is 6.48 Å². The van der Waals surface area contributed by atoms with Crippen LogP contribution in [0.1, 0.15) is 25.0 Å². The Balaban J connectivity index is 0.883. The molecule has 0 aliphatic heterocycles. The van der Waals surface area contributed by atoms with E-state index in [9.17, 15) is 0 Å². The highest BCUT2D eigenvalue weighted by molar-refractivity contribution is 7.26. The molecule has 1 aliphatic carbocycles. The Hall–Kier alpha value is -8.24. The molecule has 0 N–H and O–H groups in total. The third-order valence-corrected chi connectivity index (χ3v) is 15.3. The van der Waals surface area contributed by atoms with Gasteiger partial charge in [0.1, 0.15) is 0 Å². The molecular formula is C65H46N2S. The van der Waals surface area contributed by atoms with Gasteiger partial charge >= 0.3 is 0 Å². The molecule has 0 saturated heterocycles. The van der Waals surface area contributed by atoms with Gasteiger partial charge in [-0.2, -0.15) is 0 Å². The molecule has 0 amide bonds. The molecule has 68 heavy (non-hydrogen) atoms. The summed E-state index contributed by atoms with van der Waals surface area (Å²) in [5.74, 6) is 0. The molecule has 0 unspecified atom stereocenters. The number of hydrogen-bond donors (Lipinski definition) is 0. The van der Waals surface area contributed by atoms with Gasteiger partial charge in [-0.3, -0.25) is 0 Å². The van der Waals surface area contributed by atoms with Gasteiger partial charge in [0.2, 0.25) is 0 Å². The Bertz CT molecular complexity index is 3840. The second-order valence-corrected chi connectivity index (χ2v) is 19.6. The van der Waals surface area contributed by atoms with Crippen LogP contribution in [0.15, 0.2) is 243 Å². The monoisotopic (exact) mass is 886 g/mol. The van der Waals surface area contributed by atoms with Crippen molar-refractivity contribution in [3.8, 4) is 33.4 Å². The Morgan fingerprint density at radius 2 is 0.765 bits per heavy atom. The summed E-state index contributed by atoms with van der Waals surface area (Å²) >= 11 is 1.91. The first-order valence-electron chi connectivity index (χ1n) is 23.5. The summed E-state index contributed by atoms with van der Waals surface area (Å²) in [5, 5.41) is 7.70. The highest BCUT2D eigenvalue weighted by Gasteiger charge is 2.38. The van der Waals surface area contributed by atoms with Crippen LogP contribution in [0.2, 0.25) is 0 Å². The van der Waals surface area contributed by atoms with Crippen molar-refractivity contribution in [2.24, 2.45) is 0 Å². The average molecular weight is 887 g/mol. The van der Waals surface area contributed by atoms with Gasteiger partial charge < -0.3 is 9.80 Å². The third kappa shape index (κ3) is 6.69. The normalized spacial score (nSPS) is 12.7. The lowest BCUT2D eigenvalue weighted by atomic mass is 9.80. The summed E-state index contributed by atoms with van der Waals surface area (Å²) in [6.07, 6.45) is 0. The van der Waals surface area contributed by atoms with Crippen molar-refractivity contribution in [1.29, 1.82) is 0 Å². The minimum absolute atomic E-state index is 0.209. The summed E-state index contributed by atoms with van der Waals surface area (Å²) in [4.78, 5) is 4.74. The maximum absolute atomic E-state index is 2.47. The van der Waals surface area contributed by atoms with Crippen LogP contribution in [0.3, 0.4) is 0 Å². The molecule has 1 aromatic heterocycles. The van der Waals surface area contributed by atoms with E-state index in [1.165, 1.54) is 86.2 Å². The van der Waals surface area contributed by atoms with Gasteiger partial charge in [0.05, 0.1) is 0 Å². The van der Waals surface area contributed by atoms with E-state index < -0.39 is 0 Å². The van der Waals surface area contributed by atoms with E-state index in [1.807, 2.05) is 11.3 Å². The molecule has 13 rings (SSSR count). The fourth-order valence-corrected chi connectivity index (χ4v) is 12.0. The molecule has 0 spiro atoms. The first kappa shape index (κ1) is 40.1. The molecule has 3 heteroatoms. The van der Waals surface area contributed by atoms with E-state index in [0.29, 0.717) is 0 Å².